The first kappa shape index (κ1) is 23.6. The van der Waals surface area contributed by atoms with Gasteiger partial charge >= 0.3 is 5.97 Å². The van der Waals surface area contributed by atoms with Gasteiger partial charge < -0.3 is 15.0 Å². The smallest absolute Gasteiger partial charge is 0.309 e. The van der Waals surface area contributed by atoms with Crippen molar-refractivity contribution in [3.8, 4) is 0 Å². The van der Waals surface area contributed by atoms with Crippen LogP contribution in [0.3, 0.4) is 0 Å². The van der Waals surface area contributed by atoms with Crippen LogP contribution in [0.1, 0.15) is 44.0 Å². The monoisotopic (exact) mass is 439 g/mol. The van der Waals surface area contributed by atoms with Gasteiger partial charge in [-0.1, -0.05) is 25.4 Å². The number of carbonyl (C=O) groups is 3. The maximum Gasteiger partial charge on any atom is 0.309 e. The summed E-state index contributed by atoms with van der Waals surface area (Å²) in [5.41, 5.74) is -0.167. The van der Waals surface area contributed by atoms with E-state index in [9.17, 15) is 24.5 Å². The molecule has 1 aromatic rings. The van der Waals surface area contributed by atoms with Gasteiger partial charge in [-0.15, -0.1) is 0 Å². The van der Waals surface area contributed by atoms with Crippen molar-refractivity contribution in [1.82, 2.24) is 10.2 Å². The van der Waals surface area contributed by atoms with E-state index < -0.39 is 16.9 Å². The van der Waals surface area contributed by atoms with E-state index in [1.165, 1.54) is 12.1 Å². The summed E-state index contributed by atoms with van der Waals surface area (Å²) in [4.78, 5) is 49.4. The van der Waals surface area contributed by atoms with E-state index >= 15 is 0 Å². The minimum Gasteiger partial charge on any atom is -0.466 e. The van der Waals surface area contributed by atoms with Crippen molar-refractivity contribution in [2.24, 2.45) is 11.8 Å². The number of benzene rings is 1. The van der Waals surface area contributed by atoms with Crippen LogP contribution in [0, 0.1) is 22.0 Å². The van der Waals surface area contributed by atoms with E-state index in [4.69, 9.17) is 16.3 Å². The topological polar surface area (TPSA) is 119 Å². The number of nitro groups is 1. The largest absolute Gasteiger partial charge is 0.466 e. The lowest BCUT2D eigenvalue weighted by Gasteiger charge is -2.34. The zero-order chi connectivity index (χ0) is 22.4. The zero-order valence-corrected chi connectivity index (χ0v) is 18.0. The van der Waals surface area contributed by atoms with Gasteiger partial charge in [0.1, 0.15) is 6.04 Å². The molecule has 1 aliphatic heterocycles. The van der Waals surface area contributed by atoms with E-state index in [1.54, 1.807) is 11.8 Å². The van der Waals surface area contributed by atoms with Gasteiger partial charge in [-0.25, -0.2) is 0 Å². The molecule has 1 heterocycles. The number of esters is 1. The number of hydrogen-bond donors (Lipinski definition) is 1. The Bertz CT molecular complexity index is 821. The molecule has 1 aliphatic rings. The van der Waals surface area contributed by atoms with Gasteiger partial charge in [-0.2, -0.15) is 0 Å². The van der Waals surface area contributed by atoms with Crippen LogP contribution < -0.4 is 5.32 Å². The Kier molecular flexibility index (Phi) is 8.16. The van der Waals surface area contributed by atoms with Crippen LogP contribution in [-0.2, 0) is 14.3 Å². The van der Waals surface area contributed by atoms with E-state index in [1.807, 2.05) is 13.8 Å². The number of rotatable bonds is 7. The van der Waals surface area contributed by atoms with E-state index in [0.29, 0.717) is 32.5 Å². The predicted octanol–water partition coefficient (Wildman–Crippen LogP) is 2.80. The molecule has 1 N–H and O–H groups in total. The summed E-state index contributed by atoms with van der Waals surface area (Å²) in [6, 6.07) is 2.77. The molecule has 164 valence electrons. The molecule has 0 aromatic heterocycles. The Balaban J connectivity index is 2.05. The second kappa shape index (κ2) is 10.4. The number of hydrogen-bond acceptors (Lipinski definition) is 6. The number of halogens is 1. The average molecular weight is 440 g/mol. The van der Waals surface area contributed by atoms with Crippen LogP contribution in [0.2, 0.25) is 5.02 Å². The maximum absolute atomic E-state index is 13.0. The summed E-state index contributed by atoms with van der Waals surface area (Å²) >= 11 is 6.03. The van der Waals surface area contributed by atoms with Gasteiger partial charge in [-0.05, 0) is 31.7 Å². The second-order valence-electron chi connectivity index (χ2n) is 7.47. The van der Waals surface area contributed by atoms with Crippen molar-refractivity contribution in [3.63, 3.8) is 0 Å². The summed E-state index contributed by atoms with van der Waals surface area (Å²) < 4.78 is 5.04. The quantitative estimate of drug-likeness (QED) is 0.396. The fourth-order valence-electron chi connectivity index (χ4n) is 3.33. The Morgan fingerprint density at radius 3 is 2.43 bits per heavy atom. The van der Waals surface area contributed by atoms with Crippen molar-refractivity contribution >= 4 is 35.1 Å². The number of non-ortho nitro benzene ring substituents is 1. The first-order valence-electron chi connectivity index (χ1n) is 9.85. The second-order valence-corrected chi connectivity index (χ2v) is 7.88. The highest BCUT2D eigenvalue weighted by Crippen LogP contribution is 2.24. The third-order valence-electron chi connectivity index (χ3n) is 5.05. The molecule has 1 saturated heterocycles. The number of likely N-dealkylation sites (tertiary alicyclic amines) is 1. The van der Waals surface area contributed by atoms with Gasteiger partial charge in [0.25, 0.3) is 11.6 Å². The first-order valence-corrected chi connectivity index (χ1v) is 10.2. The van der Waals surface area contributed by atoms with E-state index in [2.05, 4.69) is 5.32 Å². The Hall–Kier alpha value is -2.68. The standard InChI is InChI=1S/C20H26ClN3O6/c1-4-30-20(27)13-7-9-23(10-8-13)19(26)17(12(2)3)22-18(25)15-6-5-14(24(28)29)11-16(15)21/h5-6,11-13,17H,4,7-10H2,1-3H3,(H,22,25)/t17-/m0/s1. The molecular weight excluding hydrogens is 414 g/mol. The Labute approximate surface area is 179 Å². The summed E-state index contributed by atoms with van der Waals surface area (Å²) in [6.07, 6.45) is 1.02. The molecule has 0 bridgehead atoms. The molecule has 1 atom stereocenters. The highest BCUT2D eigenvalue weighted by Gasteiger charge is 2.33. The number of nitro benzene ring substituents is 1. The van der Waals surface area contributed by atoms with Crippen molar-refractivity contribution in [3.05, 3.63) is 38.9 Å². The number of piperidine rings is 1. The number of nitrogens with zero attached hydrogens (tertiary/aromatic N) is 2. The van der Waals surface area contributed by atoms with Crippen LogP contribution in [0.15, 0.2) is 18.2 Å². The van der Waals surface area contributed by atoms with Gasteiger partial charge in [0.05, 0.1) is 28.0 Å². The van der Waals surface area contributed by atoms with E-state index in [0.717, 1.165) is 6.07 Å². The van der Waals surface area contributed by atoms with Crippen molar-refractivity contribution in [2.45, 2.75) is 39.7 Å². The SMILES string of the molecule is CCOC(=O)C1CCN(C(=O)[C@@H](NC(=O)c2ccc([N+](=O)[O-])cc2Cl)C(C)C)CC1. The normalized spacial score (nSPS) is 15.6. The molecule has 0 saturated carbocycles. The summed E-state index contributed by atoms with van der Waals surface area (Å²) in [7, 11) is 0. The van der Waals surface area contributed by atoms with Crippen LogP contribution >= 0.6 is 11.6 Å². The summed E-state index contributed by atoms with van der Waals surface area (Å²) in [5.74, 6) is -1.48. The van der Waals surface area contributed by atoms with Gasteiger partial charge in [0.15, 0.2) is 0 Å². The number of nitrogens with one attached hydrogen (secondary N) is 1. The molecule has 30 heavy (non-hydrogen) atoms. The highest BCUT2D eigenvalue weighted by atomic mass is 35.5. The molecule has 2 rings (SSSR count). The van der Waals surface area contributed by atoms with Crippen molar-refractivity contribution < 1.29 is 24.0 Å². The molecule has 10 heteroatoms. The highest BCUT2D eigenvalue weighted by molar-refractivity contribution is 6.34. The molecule has 1 fully saturated rings. The van der Waals surface area contributed by atoms with Gasteiger partial charge in [-0.3, -0.25) is 24.5 Å². The molecule has 1 aromatic carbocycles. The summed E-state index contributed by atoms with van der Waals surface area (Å²) in [5, 5.41) is 13.5. The first-order chi connectivity index (χ1) is 14.1. The number of ether oxygens (including phenoxy) is 1. The average Bonchev–Trinajstić information content (AvgIpc) is 2.71. The number of amides is 2. The zero-order valence-electron chi connectivity index (χ0n) is 17.2. The molecule has 0 radical (unpaired) electrons. The van der Waals surface area contributed by atoms with Crippen molar-refractivity contribution in [2.75, 3.05) is 19.7 Å². The summed E-state index contributed by atoms with van der Waals surface area (Å²) in [6.45, 7) is 6.50. The van der Waals surface area contributed by atoms with Gasteiger partial charge in [0.2, 0.25) is 5.91 Å². The minimum atomic E-state index is -0.789. The fraction of sp³-hybridized carbons (Fsp3) is 0.550. The predicted molar refractivity (Wildman–Crippen MR) is 110 cm³/mol. The van der Waals surface area contributed by atoms with E-state index in [-0.39, 0.29) is 40.0 Å². The molecule has 0 spiro atoms. The Morgan fingerprint density at radius 2 is 1.93 bits per heavy atom. The molecular formula is C20H26ClN3O6. The molecule has 2 amide bonds. The third kappa shape index (κ3) is 5.69. The van der Waals surface area contributed by atoms with Gasteiger partial charge in [0, 0.05) is 25.2 Å². The Morgan fingerprint density at radius 1 is 1.30 bits per heavy atom. The third-order valence-corrected chi connectivity index (χ3v) is 5.37. The van der Waals surface area contributed by atoms with Crippen LogP contribution in [0.25, 0.3) is 0 Å². The lowest BCUT2D eigenvalue weighted by atomic mass is 9.95. The van der Waals surface area contributed by atoms with Crippen LogP contribution in [0.4, 0.5) is 5.69 Å². The van der Waals surface area contributed by atoms with Crippen LogP contribution in [0.5, 0.6) is 0 Å². The maximum atomic E-state index is 13.0. The molecule has 9 nitrogen and oxygen atoms in total. The number of carbonyl (C=O) groups excluding carboxylic acids is 3. The fourth-order valence-corrected chi connectivity index (χ4v) is 3.59. The lowest BCUT2D eigenvalue weighted by molar-refractivity contribution is -0.384. The molecule has 0 aliphatic carbocycles. The molecule has 0 unspecified atom stereocenters. The van der Waals surface area contributed by atoms with Crippen LogP contribution in [-0.4, -0.2) is 53.3 Å². The lowest BCUT2D eigenvalue weighted by Crippen LogP contribution is -2.53. The minimum absolute atomic E-state index is 0.0572. The van der Waals surface area contributed by atoms with Crippen molar-refractivity contribution in [1.29, 1.82) is 0 Å².